The van der Waals surface area contributed by atoms with Crippen LogP contribution in [0.5, 0.6) is 5.75 Å². The molecule has 0 spiro atoms. The molecule has 0 aliphatic rings. The largest absolute Gasteiger partial charge is 0.423 e. The number of carbonyl (C=O) groups is 3. The number of carbonyl (C=O) groups excluding carboxylic acids is 3. The van der Waals surface area contributed by atoms with Crippen LogP contribution in [0.1, 0.15) is 15.9 Å². The molecule has 9 heteroatoms. The van der Waals surface area contributed by atoms with E-state index in [-0.39, 0.29) is 5.75 Å². The lowest BCUT2D eigenvalue weighted by Crippen LogP contribution is -2.32. The molecule has 0 aliphatic carbocycles. The van der Waals surface area contributed by atoms with Crippen LogP contribution >= 0.6 is 23.2 Å². The Morgan fingerprint density at radius 3 is 2.32 bits per heavy atom. The predicted molar refractivity (Wildman–Crippen MR) is 119 cm³/mol. The van der Waals surface area contributed by atoms with Crippen LogP contribution in [0.4, 0.5) is 5.69 Å². The first-order chi connectivity index (χ1) is 14.9. The lowest BCUT2D eigenvalue weighted by molar-refractivity contribution is -0.136. The van der Waals surface area contributed by atoms with Gasteiger partial charge in [-0.3, -0.25) is 9.59 Å². The highest BCUT2D eigenvalue weighted by molar-refractivity contribution is 6.39. The predicted octanol–water partition coefficient (Wildman–Crippen LogP) is 4.30. The van der Waals surface area contributed by atoms with Crippen molar-refractivity contribution in [3.8, 4) is 5.75 Å². The van der Waals surface area contributed by atoms with E-state index in [1.807, 2.05) is 0 Å². The lowest BCUT2D eigenvalue weighted by atomic mass is 10.2. The number of hydrazone groups is 1. The first-order valence-corrected chi connectivity index (χ1v) is 9.64. The number of hydrogen-bond acceptors (Lipinski definition) is 5. The van der Waals surface area contributed by atoms with Crippen molar-refractivity contribution in [3.05, 3.63) is 94.0 Å². The van der Waals surface area contributed by atoms with E-state index in [0.717, 1.165) is 0 Å². The molecular weight excluding hydrogens is 441 g/mol. The number of ether oxygens (including phenoxy) is 1. The first kappa shape index (κ1) is 22.0. The van der Waals surface area contributed by atoms with E-state index in [9.17, 15) is 14.4 Å². The van der Waals surface area contributed by atoms with Crippen molar-refractivity contribution in [1.82, 2.24) is 5.43 Å². The molecule has 3 aromatic rings. The molecule has 7 nitrogen and oxygen atoms in total. The zero-order valence-corrected chi connectivity index (χ0v) is 17.4. The van der Waals surface area contributed by atoms with Gasteiger partial charge in [0.2, 0.25) is 0 Å². The Kier molecular flexibility index (Phi) is 7.37. The Morgan fingerprint density at radius 2 is 1.58 bits per heavy atom. The zero-order valence-electron chi connectivity index (χ0n) is 15.8. The van der Waals surface area contributed by atoms with E-state index in [0.29, 0.717) is 26.9 Å². The highest BCUT2D eigenvalue weighted by Crippen LogP contribution is 2.17. The van der Waals surface area contributed by atoms with Crippen LogP contribution in [0.3, 0.4) is 0 Å². The van der Waals surface area contributed by atoms with Gasteiger partial charge in [-0.25, -0.2) is 10.2 Å². The molecule has 2 N–H and O–H groups in total. The summed E-state index contributed by atoms with van der Waals surface area (Å²) >= 11 is 11.6. The molecular formula is C22H15Cl2N3O4. The molecule has 0 heterocycles. The second-order valence-corrected chi connectivity index (χ2v) is 7.01. The van der Waals surface area contributed by atoms with Gasteiger partial charge in [-0.2, -0.15) is 5.10 Å². The van der Waals surface area contributed by atoms with E-state index in [2.05, 4.69) is 15.8 Å². The Balaban J connectivity index is 1.56. The van der Waals surface area contributed by atoms with E-state index in [1.54, 1.807) is 66.7 Å². The third-order valence-electron chi connectivity index (χ3n) is 3.82. The Labute approximate surface area is 187 Å². The summed E-state index contributed by atoms with van der Waals surface area (Å²) in [6.07, 6.45) is 1.31. The molecule has 0 saturated heterocycles. The van der Waals surface area contributed by atoms with Gasteiger partial charge in [-0.05, 0) is 60.2 Å². The number of halogens is 2. The molecule has 0 aliphatic heterocycles. The summed E-state index contributed by atoms with van der Waals surface area (Å²) in [4.78, 5) is 35.9. The number of nitrogens with one attached hydrogen (secondary N) is 2. The molecule has 0 unspecified atom stereocenters. The third kappa shape index (κ3) is 6.67. The molecule has 0 saturated carbocycles. The quantitative estimate of drug-likeness (QED) is 0.197. The van der Waals surface area contributed by atoms with Gasteiger partial charge in [0, 0.05) is 15.7 Å². The highest BCUT2D eigenvalue weighted by atomic mass is 35.5. The van der Waals surface area contributed by atoms with Crippen LogP contribution < -0.4 is 15.5 Å². The van der Waals surface area contributed by atoms with Gasteiger partial charge in [0.1, 0.15) is 5.75 Å². The first-order valence-electron chi connectivity index (χ1n) is 8.88. The zero-order chi connectivity index (χ0) is 22.2. The monoisotopic (exact) mass is 455 g/mol. The van der Waals surface area contributed by atoms with Crippen LogP contribution in [-0.4, -0.2) is 24.0 Å². The van der Waals surface area contributed by atoms with Crippen LogP contribution in [-0.2, 0) is 9.59 Å². The van der Waals surface area contributed by atoms with Gasteiger partial charge < -0.3 is 10.1 Å². The van der Waals surface area contributed by atoms with Crippen molar-refractivity contribution in [2.75, 3.05) is 5.32 Å². The van der Waals surface area contributed by atoms with E-state index < -0.39 is 17.8 Å². The van der Waals surface area contributed by atoms with Gasteiger partial charge in [0.25, 0.3) is 0 Å². The van der Waals surface area contributed by atoms with E-state index in [1.165, 1.54) is 12.3 Å². The normalized spacial score (nSPS) is 10.5. The minimum Gasteiger partial charge on any atom is -0.423 e. The minimum atomic E-state index is -0.949. The van der Waals surface area contributed by atoms with Crippen molar-refractivity contribution >= 4 is 52.9 Å². The second-order valence-electron chi connectivity index (χ2n) is 6.13. The van der Waals surface area contributed by atoms with Crippen molar-refractivity contribution in [3.63, 3.8) is 0 Å². The summed E-state index contributed by atoms with van der Waals surface area (Å²) in [5, 5.41) is 7.09. The Hall–Kier alpha value is -3.68. The third-order valence-corrected chi connectivity index (χ3v) is 4.30. The Bertz CT molecular complexity index is 1150. The molecule has 31 heavy (non-hydrogen) atoms. The van der Waals surface area contributed by atoms with Gasteiger partial charge in [-0.15, -0.1) is 0 Å². The van der Waals surface area contributed by atoms with Crippen LogP contribution in [0.2, 0.25) is 10.0 Å². The van der Waals surface area contributed by atoms with Crippen molar-refractivity contribution in [1.29, 1.82) is 0 Å². The lowest BCUT2D eigenvalue weighted by Gasteiger charge is -2.05. The molecule has 0 fully saturated rings. The summed E-state index contributed by atoms with van der Waals surface area (Å²) in [6.45, 7) is 0. The molecule has 0 bridgehead atoms. The maximum atomic E-state index is 12.2. The summed E-state index contributed by atoms with van der Waals surface area (Å²) in [6, 6.07) is 19.1. The van der Waals surface area contributed by atoms with Crippen molar-refractivity contribution < 1.29 is 19.1 Å². The number of benzene rings is 3. The Morgan fingerprint density at radius 1 is 0.839 bits per heavy atom. The summed E-state index contributed by atoms with van der Waals surface area (Å²) in [7, 11) is 0. The fraction of sp³-hybridized carbons (Fsp3) is 0. The molecule has 3 rings (SSSR count). The van der Waals surface area contributed by atoms with Crippen molar-refractivity contribution in [2.24, 2.45) is 5.10 Å². The molecule has 0 radical (unpaired) electrons. The summed E-state index contributed by atoms with van der Waals surface area (Å²) in [5.74, 6) is -2.12. The van der Waals surface area contributed by atoms with Crippen LogP contribution in [0.15, 0.2) is 77.9 Å². The average Bonchev–Trinajstić information content (AvgIpc) is 2.75. The van der Waals surface area contributed by atoms with Gasteiger partial charge >= 0.3 is 17.8 Å². The number of anilines is 1. The average molecular weight is 456 g/mol. The number of nitrogens with zero attached hydrogens (tertiary/aromatic N) is 1. The number of esters is 1. The summed E-state index contributed by atoms with van der Waals surface area (Å²) < 4.78 is 5.32. The fourth-order valence-electron chi connectivity index (χ4n) is 2.38. The maximum Gasteiger partial charge on any atom is 0.343 e. The SMILES string of the molecule is O=C(NN=Cc1cccc(OC(=O)c2cccc(Cl)c2)c1)C(=O)Nc1ccc(Cl)cc1. The molecule has 2 amide bonds. The van der Waals surface area contributed by atoms with Gasteiger partial charge in [0.05, 0.1) is 11.8 Å². The topological polar surface area (TPSA) is 96.9 Å². The van der Waals surface area contributed by atoms with E-state index >= 15 is 0 Å². The van der Waals surface area contributed by atoms with Gasteiger partial charge in [0.15, 0.2) is 0 Å². The molecule has 0 aromatic heterocycles. The maximum absolute atomic E-state index is 12.2. The molecule has 0 atom stereocenters. The van der Waals surface area contributed by atoms with Crippen LogP contribution in [0, 0.1) is 0 Å². The standard InChI is InChI=1S/C22H15Cl2N3O4/c23-16-7-9-18(10-8-16)26-20(28)21(29)27-25-13-14-3-1-6-19(11-14)31-22(30)15-4-2-5-17(24)12-15/h1-13H,(H,26,28)(H,27,29). The number of rotatable bonds is 5. The van der Waals surface area contributed by atoms with Crippen LogP contribution in [0.25, 0.3) is 0 Å². The summed E-state index contributed by atoms with van der Waals surface area (Å²) in [5.41, 5.74) is 3.39. The second kappa shape index (κ2) is 10.4. The van der Waals surface area contributed by atoms with Crippen molar-refractivity contribution in [2.45, 2.75) is 0 Å². The molecule has 156 valence electrons. The fourth-order valence-corrected chi connectivity index (χ4v) is 2.69. The highest BCUT2D eigenvalue weighted by Gasteiger charge is 2.13. The smallest absolute Gasteiger partial charge is 0.343 e. The van der Waals surface area contributed by atoms with E-state index in [4.69, 9.17) is 27.9 Å². The molecule has 3 aromatic carbocycles. The number of hydrogen-bond donors (Lipinski definition) is 2. The number of amides is 2. The van der Waals surface area contributed by atoms with Gasteiger partial charge in [-0.1, -0.05) is 41.4 Å². The minimum absolute atomic E-state index is 0.278.